The molecule has 0 radical (unpaired) electrons. The van der Waals surface area contributed by atoms with E-state index in [1.54, 1.807) is 42.6 Å². The Morgan fingerprint density at radius 3 is 2.27 bits per heavy atom. The molecule has 1 N–H and O–H groups in total. The standard InChI is InChI=1S/C30H31BrN4O4S/c1-5-39-28-14-12-26(13-15-28)34(40(37,38)29-16-6-21(2)7-17-29)20-30(36)33-32-19-24-18-22(3)35(23(24)4)27-10-8-25(31)9-11-27/h6-19H,5,20H2,1-4H3,(H,33,36)/b32-19-. The van der Waals surface area contributed by atoms with E-state index in [1.165, 1.54) is 12.1 Å². The van der Waals surface area contributed by atoms with E-state index in [9.17, 15) is 13.2 Å². The van der Waals surface area contributed by atoms with E-state index < -0.39 is 22.5 Å². The summed E-state index contributed by atoms with van der Waals surface area (Å²) in [4.78, 5) is 13.1. The molecule has 0 saturated heterocycles. The van der Waals surface area contributed by atoms with Gasteiger partial charge in [-0.2, -0.15) is 5.10 Å². The lowest BCUT2D eigenvalue weighted by Gasteiger charge is -2.24. The fourth-order valence-electron chi connectivity index (χ4n) is 4.27. The van der Waals surface area contributed by atoms with Gasteiger partial charge in [-0.05, 0) is 94.4 Å². The van der Waals surface area contributed by atoms with Crippen LogP contribution in [0.25, 0.3) is 5.69 Å². The average molecular weight is 624 g/mol. The maximum atomic E-state index is 13.6. The van der Waals surface area contributed by atoms with Gasteiger partial charge in [0.15, 0.2) is 0 Å². The Morgan fingerprint density at radius 2 is 1.65 bits per heavy atom. The normalized spacial score (nSPS) is 11.5. The Morgan fingerprint density at radius 1 is 1.00 bits per heavy atom. The Bertz CT molecular complexity index is 1610. The summed E-state index contributed by atoms with van der Waals surface area (Å²) in [7, 11) is -4.04. The molecule has 0 spiro atoms. The number of hydrazone groups is 1. The van der Waals surface area contributed by atoms with Crippen molar-refractivity contribution in [2.24, 2.45) is 5.10 Å². The van der Waals surface area contributed by atoms with Gasteiger partial charge in [-0.1, -0.05) is 33.6 Å². The number of nitrogens with one attached hydrogen (secondary N) is 1. The van der Waals surface area contributed by atoms with Crippen LogP contribution in [-0.4, -0.2) is 38.3 Å². The molecule has 8 nitrogen and oxygen atoms in total. The number of sulfonamides is 1. The van der Waals surface area contributed by atoms with Gasteiger partial charge in [-0.3, -0.25) is 9.10 Å². The van der Waals surface area contributed by atoms with Crippen LogP contribution >= 0.6 is 15.9 Å². The Kier molecular flexibility index (Phi) is 9.11. The smallest absolute Gasteiger partial charge is 0.264 e. The molecule has 4 rings (SSSR count). The number of carbonyl (C=O) groups excluding carboxylic acids is 1. The molecule has 0 saturated carbocycles. The first kappa shape index (κ1) is 29.1. The number of anilines is 1. The molecule has 0 bridgehead atoms. The number of aryl methyl sites for hydroxylation is 2. The van der Waals surface area contributed by atoms with Crippen LogP contribution in [0.15, 0.2) is 93.3 Å². The van der Waals surface area contributed by atoms with Crippen LogP contribution in [0.3, 0.4) is 0 Å². The van der Waals surface area contributed by atoms with Crippen LogP contribution in [0.5, 0.6) is 5.75 Å². The molecule has 10 heteroatoms. The molecule has 0 aliphatic heterocycles. The molecule has 1 heterocycles. The van der Waals surface area contributed by atoms with Crippen molar-refractivity contribution >= 4 is 43.8 Å². The lowest BCUT2D eigenvalue weighted by atomic mass is 10.2. The van der Waals surface area contributed by atoms with Crippen LogP contribution < -0.4 is 14.5 Å². The highest BCUT2D eigenvalue weighted by Crippen LogP contribution is 2.26. The number of hydrogen-bond acceptors (Lipinski definition) is 5. The number of nitrogens with zero attached hydrogens (tertiary/aromatic N) is 3. The van der Waals surface area contributed by atoms with Gasteiger partial charge < -0.3 is 9.30 Å². The van der Waals surface area contributed by atoms with Crippen LogP contribution in [0.1, 0.15) is 29.4 Å². The number of rotatable bonds is 10. The summed E-state index contributed by atoms with van der Waals surface area (Å²) in [6.07, 6.45) is 1.56. The number of benzene rings is 3. The molecule has 0 fully saturated rings. The summed E-state index contributed by atoms with van der Waals surface area (Å²) in [6.45, 7) is 7.74. The first-order valence-electron chi connectivity index (χ1n) is 12.7. The third kappa shape index (κ3) is 6.63. The van der Waals surface area contributed by atoms with Gasteiger partial charge in [0.2, 0.25) is 0 Å². The van der Waals surface area contributed by atoms with Crippen molar-refractivity contribution in [3.8, 4) is 11.4 Å². The van der Waals surface area contributed by atoms with E-state index >= 15 is 0 Å². The summed E-state index contributed by atoms with van der Waals surface area (Å²) in [5, 5.41) is 4.13. The van der Waals surface area contributed by atoms with E-state index in [-0.39, 0.29) is 4.90 Å². The van der Waals surface area contributed by atoms with Crippen molar-refractivity contribution in [2.75, 3.05) is 17.5 Å². The Balaban J connectivity index is 1.55. The number of hydrogen-bond donors (Lipinski definition) is 1. The fraction of sp³-hybridized carbons (Fsp3) is 0.200. The van der Waals surface area contributed by atoms with Crippen molar-refractivity contribution in [1.29, 1.82) is 0 Å². The second-order valence-corrected chi connectivity index (χ2v) is 12.0. The lowest BCUT2D eigenvalue weighted by molar-refractivity contribution is -0.119. The molecule has 1 amide bonds. The van der Waals surface area contributed by atoms with Gasteiger partial charge >= 0.3 is 0 Å². The number of amides is 1. The van der Waals surface area contributed by atoms with E-state index in [0.29, 0.717) is 18.0 Å². The molecule has 1 aromatic heterocycles. The average Bonchev–Trinajstić information content (AvgIpc) is 3.21. The summed E-state index contributed by atoms with van der Waals surface area (Å²) >= 11 is 3.46. The molecule has 4 aromatic rings. The lowest BCUT2D eigenvalue weighted by Crippen LogP contribution is -2.39. The Labute approximate surface area is 243 Å². The van der Waals surface area contributed by atoms with Crippen LogP contribution in [0.2, 0.25) is 0 Å². The van der Waals surface area contributed by atoms with Crippen LogP contribution in [-0.2, 0) is 14.8 Å². The summed E-state index contributed by atoms with van der Waals surface area (Å²) in [5.41, 5.74) is 7.55. The monoisotopic (exact) mass is 622 g/mol. The molecule has 0 aliphatic carbocycles. The van der Waals surface area contributed by atoms with Crippen molar-refractivity contribution in [3.63, 3.8) is 0 Å². The quantitative estimate of drug-likeness (QED) is 0.176. The predicted molar refractivity (Wildman–Crippen MR) is 162 cm³/mol. The molecule has 208 valence electrons. The van der Waals surface area contributed by atoms with Gasteiger partial charge in [-0.25, -0.2) is 13.8 Å². The molecular formula is C30H31BrN4O4S. The minimum Gasteiger partial charge on any atom is -0.494 e. The minimum atomic E-state index is -4.04. The highest BCUT2D eigenvalue weighted by Gasteiger charge is 2.27. The van der Waals surface area contributed by atoms with Crippen LogP contribution in [0.4, 0.5) is 5.69 Å². The first-order chi connectivity index (χ1) is 19.1. The largest absolute Gasteiger partial charge is 0.494 e. The highest BCUT2D eigenvalue weighted by molar-refractivity contribution is 9.10. The number of ether oxygens (including phenoxy) is 1. The highest BCUT2D eigenvalue weighted by atomic mass is 79.9. The summed E-state index contributed by atoms with van der Waals surface area (Å²) in [5.74, 6) is 0.0243. The first-order valence-corrected chi connectivity index (χ1v) is 14.9. The molecule has 40 heavy (non-hydrogen) atoms. The third-order valence-electron chi connectivity index (χ3n) is 6.28. The van der Waals surface area contributed by atoms with Crippen molar-refractivity contribution in [2.45, 2.75) is 32.6 Å². The molecule has 0 aliphatic rings. The predicted octanol–water partition coefficient (Wildman–Crippen LogP) is 5.91. The third-order valence-corrected chi connectivity index (χ3v) is 8.60. The van der Waals surface area contributed by atoms with E-state index in [4.69, 9.17) is 4.74 Å². The second-order valence-electron chi connectivity index (χ2n) is 9.18. The van der Waals surface area contributed by atoms with Crippen molar-refractivity contribution < 1.29 is 17.9 Å². The van der Waals surface area contributed by atoms with E-state index in [2.05, 4.69) is 31.0 Å². The topological polar surface area (TPSA) is 93.0 Å². The summed E-state index contributed by atoms with van der Waals surface area (Å²) < 4.78 is 36.8. The van der Waals surface area contributed by atoms with E-state index in [1.807, 2.05) is 58.0 Å². The van der Waals surface area contributed by atoms with Gasteiger partial charge in [0.1, 0.15) is 12.3 Å². The Hall–Kier alpha value is -3.89. The van der Waals surface area contributed by atoms with Crippen molar-refractivity contribution in [3.05, 3.63) is 106 Å². The van der Waals surface area contributed by atoms with Gasteiger partial charge in [-0.15, -0.1) is 0 Å². The van der Waals surface area contributed by atoms with E-state index in [0.717, 1.165) is 37.0 Å². The maximum Gasteiger partial charge on any atom is 0.264 e. The second kappa shape index (κ2) is 12.5. The van der Waals surface area contributed by atoms with Gasteiger partial charge in [0.25, 0.3) is 15.9 Å². The van der Waals surface area contributed by atoms with Crippen LogP contribution in [0, 0.1) is 20.8 Å². The van der Waals surface area contributed by atoms with Gasteiger partial charge in [0.05, 0.1) is 23.4 Å². The zero-order valence-electron chi connectivity index (χ0n) is 22.8. The fourth-order valence-corrected chi connectivity index (χ4v) is 5.96. The number of carbonyl (C=O) groups is 1. The SMILES string of the molecule is CCOc1ccc(N(CC(=O)N/N=C\c2cc(C)n(-c3ccc(Br)cc3)c2C)S(=O)(=O)c2ccc(C)cc2)cc1. The van der Waals surface area contributed by atoms with Crippen molar-refractivity contribution in [1.82, 2.24) is 9.99 Å². The molecule has 0 atom stereocenters. The zero-order valence-corrected chi connectivity index (χ0v) is 25.2. The molecule has 3 aromatic carbocycles. The molecular weight excluding hydrogens is 592 g/mol. The maximum absolute atomic E-state index is 13.6. The number of aromatic nitrogens is 1. The minimum absolute atomic E-state index is 0.0867. The molecule has 0 unspecified atom stereocenters. The van der Waals surface area contributed by atoms with Gasteiger partial charge in [0, 0.05) is 27.1 Å². The number of halogens is 1. The summed E-state index contributed by atoms with van der Waals surface area (Å²) in [6, 6.07) is 23.0. The zero-order chi connectivity index (χ0) is 28.9.